The normalized spacial score (nSPS) is 10.4. The predicted molar refractivity (Wildman–Crippen MR) is 126 cm³/mol. The summed E-state index contributed by atoms with van der Waals surface area (Å²) in [6.45, 7) is 0. The molecule has 1 aromatic heterocycles. The first-order valence-electron chi connectivity index (χ1n) is 9.62. The molecule has 1 amide bonds. The Morgan fingerprint density at radius 2 is 1.59 bits per heavy atom. The topological polar surface area (TPSA) is 91.6 Å². The second kappa shape index (κ2) is 10.1. The smallest absolute Gasteiger partial charge is 0.234 e. The van der Waals surface area contributed by atoms with Gasteiger partial charge >= 0.3 is 0 Å². The third-order valence-corrected chi connectivity index (χ3v) is 5.62. The van der Waals surface area contributed by atoms with Gasteiger partial charge in [-0.3, -0.25) is 4.79 Å². The Morgan fingerprint density at radius 3 is 2.22 bits per heavy atom. The average Bonchev–Trinajstić information content (AvgIpc) is 2.84. The summed E-state index contributed by atoms with van der Waals surface area (Å²) < 4.78 is 0. The molecular weight excluding hydrogens is 442 g/mol. The highest BCUT2D eigenvalue weighted by Gasteiger charge is 2.15. The van der Waals surface area contributed by atoms with Crippen LogP contribution in [-0.4, -0.2) is 26.8 Å². The molecule has 0 aliphatic carbocycles. The van der Waals surface area contributed by atoms with Gasteiger partial charge in [-0.25, -0.2) is 4.98 Å². The number of halogens is 1. The Balaban J connectivity index is 1.52. The van der Waals surface area contributed by atoms with Crippen molar-refractivity contribution in [1.29, 1.82) is 5.26 Å². The Bertz CT molecular complexity index is 1290. The molecule has 0 saturated heterocycles. The first kappa shape index (κ1) is 21.5. The van der Waals surface area contributed by atoms with Crippen molar-refractivity contribution < 1.29 is 4.79 Å². The van der Waals surface area contributed by atoms with Crippen LogP contribution >= 0.6 is 23.4 Å². The number of hydrogen-bond acceptors (Lipinski definition) is 6. The molecule has 0 unspecified atom stereocenters. The van der Waals surface area contributed by atoms with Gasteiger partial charge in [0.15, 0.2) is 0 Å². The maximum atomic E-state index is 12.4. The molecule has 4 aromatic rings. The van der Waals surface area contributed by atoms with Crippen LogP contribution in [0.25, 0.3) is 22.5 Å². The fourth-order valence-electron chi connectivity index (χ4n) is 2.97. The molecule has 6 nitrogen and oxygen atoms in total. The lowest BCUT2D eigenvalue weighted by Gasteiger charge is -2.10. The zero-order valence-electron chi connectivity index (χ0n) is 16.7. The van der Waals surface area contributed by atoms with E-state index in [1.54, 1.807) is 18.2 Å². The lowest BCUT2D eigenvalue weighted by Crippen LogP contribution is -2.14. The van der Waals surface area contributed by atoms with Crippen molar-refractivity contribution in [3.63, 3.8) is 0 Å². The number of carbonyl (C=O) groups excluding carboxylic acids is 1. The van der Waals surface area contributed by atoms with Gasteiger partial charge in [0.2, 0.25) is 11.1 Å². The maximum Gasteiger partial charge on any atom is 0.234 e. The first-order valence-corrected chi connectivity index (χ1v) is 11.0. The minimum atomic E-state index is -0.243. The number of thioether (sulfide) groups is 1. The second-order valence-electron chi connectivity index (χ2n) is 6.67. The number of aromatic nitrogens is 3. The fraction of sp³-hybridized carbons (Fsp3) is 0.0417. The molecule has 32 heavy (non-hydrogen) atoms. The molecule has 0 bridgehead atoms. The van der Waals surface area contributed by atoms with Crippen molar-refractivity contribution >= 4 is 35.0 Å². The second-order valence-corrected chi connectivity index (χ2v) is 8.02. The van der Waals surface area contributed by atoms with E-state index in [1.165, 1.54) is 11.8 Å². The Morgan fingerprint density at radius 1 is 0.938 bits per heavy atom. The van der Waals surface area contributed by atoms with E-state index < -0.39 is 0 Å². The van der Waals surface area contributed by atoms with Gasteiger partial charge in [-0.15, -0.1) is 10.2 Å². The van der Waals surface area contributed by atoms with Crippen molar-refractivity contribution in [2.24, 2.45) is 0 Å². The summed E-state index contributed by atoms with van der Waals surface area (Å²) in [5.74, 6) is -0.147. The summed E-state index contributed by atoms with van der Waals surface area (Å²) in [6, 6.07) is 26.2. The number of nitrogens with one attached hydrogen (secondary N) is 1. The molecule has 156 valence electrons. The van der Waals surface area contributed by atoms with Crippen molar-refractivity contribution in [1.82, 2.24) is 15.2 Å². The third-order valence-electron chi connectivity index (χ3n) is 4.47. The number of benzene rings is 3. The van der Waals surface area contributed by atoms with E-state index >= 15 is 0 Å². The largest absolute Gasteiger partial charge is 0.325 e. The van der Waals surface area contributed by atoms with Gasteiger partial charge in [-0.2, -0.15) is 5.26 Å². The molecule has 3 aromatic carbocycles. The van der Waals surface area contributed by atoms with Crippen molar-refractivity contribution in [2.75, 3.05) is 11.1 Å². The van der Waals surface area contributed by atoms with Gasteiger partial charge in [0.05, 0.1) is 16.3 Å². The number of anilines is 1. The SMILES string of the molecule is N#Cc1ccc(NC(=O)CSc2nnc(-c3ccccc3)c(-c3ccccc3)n2)cc1Cl. The van der Waals surface area contributed by atoms with E-state index in [1.807, 2.05) is 66.7 Å². The van der Waals surface area contributed by atoms with E-state index in [4.69, 9.17) is 16.9 Å². The highest BCUT2D eigenvalue weighted by Crippen LogP contribution is 2.29. The summed E-state index contributed by atoms with van der Waals surface area (Å²) in [4.78, 5) is 17.1. The summed E-state index contributed by atoms with van der Waals surface area (Å²) in [7, 11) is 0. The zero-order chi connectivity index (χ0) is 22.3. The molecule has 0 spiro atoms. The monoisotopic (exact) mass is 457 g/mol. The summed E-state index contributed by atoms with van der Waals surface area (Å²) in [5.41, 5.74) is 4.08. The molecule has 0 aliphatic rings. The van der Waals surface area contributed by atoms with Crippen molar-refractivity contribution in [3.8, 4) is 28.6 Å². The minimum Gasteiger partial charge on any atom is -0.325 e. The summed E-state index contributed by atoms with van der Waals surface area (Å²) in [6.07, 6.45) is 0. The van der Waals surface area contributed by atoms with Crippen LogP contribution in [0, 0.1) is 11.3 Å². The Hall–Kier alpha value is -3.73. The standard InChI is InChI=1S/C24H16ClN5OS/c25-20-13-19(12-11-18(20)14-26)27-21(31)15-32-24-28-22(16-7-3-1-4-8-16)23(29-30-24)17-9-5-2-6-10-17/h1-13H,15H2,(H,27,31). The van der Waals surface area contributed by atoms with Gasteiger partial charge in [0.1, 0.15) is 17.5 Å². The van der Waals surface area contributed by atoms with Crippen LogP contribution in [0.4, 0.5) is 5.69 Å². The van der Waals surface area contributed by atoms with E-state index in [9.17, 15) is 4.79 Å². The summed E-state index contributed by atoms with van der Waals surface area (Å²) >= 11 is 7.21. The van der Waals surface area contributed by atoms with Crippen LogP contribution in [0.5, 0.6) is 0 Å². The first-order chi connectivity index (χ1) is 15.6. The van der Waals surface area contributed by atoms with Crippen LogP contribution in [0.15, 0.2) is 84.0 Å². The zero-order valence-corrected chi connectivity index (χ0v) is 18.3. The number of hydrogen-bond donors (Lipinski definition) is 1. The predicted octanol–water partition coefficient (Wildman–Crippen LogP) is 5.46. The number of nitrogens with zero attached hydrogens (tertiary/aromatic N) is 4. The molecule has 0 radical (unpaired) electrons. The van der Waals surface area contributed by atoms with Crippen molar-refractivity contribution in [2.45, 2.75) is 5.16 Å². The quantitative estimate of drug-likeness (QED) is 0.386. The van der Waals surface area contributed by atoms with Gasteiger partial charge in [0, 0.05) is 16.8 Å². The number of nitriles is 1. The molecule has 4 rings (SSSR count). The molecular formula is C24H16ClN5OS. The van der Waals surface area contributed by atoms with E-state index in [0.717, 1.165) is 11.1 Å². The summed E-state index contributed by atoms with van der Waals surface area (Å²) in [5, 5.41) is 21.0. The number of carbonyl (C=O) groups is 1. The van der Waals surface area contributed by atoms with Crippen LogP contribution in [0.2, 0.25) is 5.02 Å². The Kier molecular flexibility index (Phi) is 6.75. The lowest BCUT2D eigenvalue weighted by molar-refractivity contribution is -0.113. The van der Waals surface area contributed by atoms with E-state index in [0.29, 0.717) is 27.8 Å². The van der Waals surface area contributed by atoms with Gasteiger partial charge in [-0.1, -0.05) is 84.0 Å². The van der Waals surface area contributed by atoms with Crippen LogP contribution in [-0.2, 0) is 4.79 Å². The van der Waals surface area contributed by atoms with Gasteiger partial charge in [0.25, 0.3) is 0 Å². The highest BCUT2D eigenvalue weighted by atomic mass is 35.5. The average molecular weight is 458 g/mol. The number of rotatable bonds is 6. The molecule has 1 heterocycles. The van der Waals surface area contributed by atoms with E-state index in [2.05, 4.69) is 20.5 Å². The van der Waals surface area contributed by atoms with Crippen molar-refractivity contribution in [3.05, 3.63) is 89.4 Å². The number of amides is 1. The fourth-order valence-corrected chi connectivity index (χ4v) is 3.78. The van der Waals surface area contributed by atoms with Crippen LogP contribution in [0.3, 0.4) is 0 Å². The van der Waals surface area contributed by atoms with Crippen LogP contribution < -0.4 is 5.32 Å². The van der Waals surface area contributed by atoms with E-state index in [-0.39, 0.29) is 16.7 Å². The third kappa shape index (κ3) is 5.11. The van der Waals surface area contributed by atoms with Gasteiger partial charge < -0.3 is 5.32 Å². The Labute approximate surface area is 194 Å². The molecule has 0 saturated carbocycles. The highest BCUT2D eigenvalue weighted by molar-refractivity contribution is 7.99. The van der Waals surface area contributed by atoms with Crippen LogP contribution in [0.1, 0.15) is 5.56 Å². The molecule has 0 atom stereocenters. The molecule has 8 heteroatoms. The van der Waals surface area contributed by atoms with Gasteiger partial charge in [-0.05, 0) is 18.2 Å². The molecule has 0 aliphatic heterocycles. The minimum absolute atomic E-state index is 0.0955. The molecule has 0 fully saturated rings. The molecule has 1 N–H and O–H groups in total. The maximum absolute atomic E-state index is 12.4. The lowest BCUT2D eigenvalue weighted by atomic mass is 10.0.